The van der Waals surface area contributed by atoms with Crippen molar-refractivity contribution in [2.24, 2.45) is 0 Å². The number of carbonyl (C=O) groups excluding carboxylic acids is 1. The number of hydrogen-bond donors (Lipinski definition) is 1. The SMILES string of the molecule is CN(C)[C@H]1c2ccccc2C2(CCN(C(=O)/C=C/c3ccncc3)CC2)[C@@H]1O. The van der Waals surface area contributed by atoms with Gasteiger partial charge in [0.1, 0.15) is 0 Å². The van der Waals surface area contributed by atoms with E-state index in [-0.39, 0.29) is 17.4 Å². The normalized spacial score (nSPS) is 23.5. The number of fused-ring (bicyclic) bond motifs is 2. The summed E-state index contributed by atoms with van der Waals surface area (Å²) in [5, 5.41) is 11.3. The summed E-state index contributed by atoms with van der Waals surface area (Å²) in [6.45, 7) is 1.32. The number of likely N-dealkylation sites (tertiary alicyclic amines) is 1. The van der Waals surface area contributed by atoms with Crippen LogP contribution in [0.25, 0.3) is 6.08 Å². The summed E-state index contributed by atoms with van der Waals surface area (Å²) in [6, 6.07) is 12.1. The Labute approximate surface area is 166 Å². The van der Waals surface area contributed by atoms with Crippen molar-refractivity contribution in [2.75, 3.05) is 27.2 Å². The molecule has 1 fully saturated rings. The van der Waals surface area contributed by atoms with Gasteiger partial charge in [-0.2, -0.15) is 0 Å². The molecule has 1 aromatic carbocycles. The third-order valence-corrected chi connectivity index (χ3v) is 6.33. The van der Waals surface area contributed by atoms with Crippen LogP contribution in [0, 0.1) is 0 Å². The van der Waals surface area contributed by atoms with E-state index >= 15 is 0 Å². The lowest BCUT2D eigenvalue weighted by Gasteiger charge is -2.43. The molecule has 28 heavy (non-hydrogen) atoms. The van der Waals surface area contributed by atoms with Gasteiger partial charge < -0.3 is 14.9 Å². The lowest BCUT2D eigenvalue weighted by atomic mass is 9.72. The zero-order valence-electron chi connectivity index (χ0n) is 16.5. The quantitative estimate of drug-likeness (QED) is 0.836. The molecule has 0 bridgehead atoms. The topological polar surface area (TPSA) is 56.7 Å². The molecule has 2 heterocycles. The van der Waals surface area contributed by atoms with E-state index in [1.165, 1.54) is 11.1 Å². The van der Waals surface area contributed by atoms with Gasteiger partial charge in [-0.15, -0.1) is 0 Å². The fraction of sp³-hybridized carbons (Fsp3) is 0.391. The molecule has 0 radical (unpaired) electrons. The van der Waals surface area contributed by atoms with E-state index in [0.717, 1.165) is 18.4 Å². The molecule has 1 aliphatic heterocycles. The summed E-state index contributed by atoms with van der Waals surface area (Å²) >= 11 is 0. The molecule has 2 aromatic rings. The van der Waals surface area contributed by atoms with Crippen LogP contribution < -0.4 is 0 Å². The predicted molar refractivity (Wildman–Crippen MR) is 110 cm³/mol. The highest BCUT2D eigenvalue weighted by molar-refractivity contribution is 5.91. The van der Waals surface area contributed by atoms with E-state index < -0.39 is 6.10 Å². The first-order valence-electron chi connectivity index (χ1n) is 9.84. The maximum absolute atomic E-state index is 12.6. The second kappa shape index (κ2) is 7.49. The number of aromatic nitrogens is 1. The van der Waals surface area contributed by atoms with Gasteiger partial charge in [0, 0.05) is 37.0 Å². The second-order valence-corrected chi connectivity index (χ2v) is 8.04. The number of piperidine rings is 1. The Morgan fingerprint density at radius 1 is 1.18 bits per heavy atom. The molecule has 4 rings (SSSR count). The molecule has 1 N–H and O–H groups in total. The molecular weight excluding hydrogens is 350 g/mol. The first-order valence-corrected chi connectivity index (χ1v) is 9.84. The molecule has 0 unspecified atom stereocenters. The first-order chi connectivity index (χ1) is 13.5. The second-order valence-electron chi connectivity index (χ2n) is 8.04. The third-order valence-electron chi connectivity index (χ3n) is 6.33. The largest absolute Gasteiger partial charge is 0.390 e. The van der Waals surface area contributed by atoms with Gasteiger partial charge in [-0.1, -0.05) is 24.3 Å². The third kappa shape index (κ3) is 3.15. The molecule has 2 atom stereocenters. The molecular formula is C23H27N3O2. The highest BCUT2D eigenvalue weighted by atomic mass is 16.3. The van der Waals surface area contributed by atoms with Crippen molar-refractivity contribution in [3.8, 4) is 0 Å². The van der Waals surface area contributed by atoms with E-state index in [1.54, 1.807) is 18.5 Å². The lowest BCUT2D eigenvalue weighted by molar-refractivity contribution is -0.128. The number of hydrogen-bond acceptors (Lipinski definition) is 4. The Hall–Kier alpha value is -2.50. The Morgan fingerprint density at radius 2 is 1.86 bits per heavy atom. The number of carbonyl (C=O) groups is 1. The van der Waals surface area contributed by atoms with Gasteiger partial charge in [-0.3, -0.25) is 9.78 Å². The van der Waals surface area contributed by atoms with Crippen LogP contribution in [0.4, 0.5) is 0 Å². The highest BCUT2D eigenvalue weighted by Gasteiger charge is 2.53. The molecule has 1 aliphatic carbocycles. The van der Waals surface area contributed by atoms with Crippen LogP contribution in [-0.4, -0.2) is 59.1 Å². The van der Waals surface area contributed by atoms with Gasteiger partial charge in [0.15, 0.2) is 0 Å². The van der Waals surface area contributed by atoms with Gasteiger partial charge in [0.25, 0.3) is 0 Å². The molecule has 5 heteroatoms. The minimum atomic E-state index is -0.454. The number of nitrogens with zero attached hydrogens (tertiary/aromatic N) is 3. The number of aliphatic hydroxyl groups is 1. The van der Waals surface area contributed by atoms with E-state index in [0.29, 0.717) is 13.1 Å². The summed E-state index contributed by atoms with van der Waals surface area (Å²) < 4.78 is 0. The number of benzene rings is 1. The van der Waals surface area contributed by atoms with Gasteiger partial charge >= 0.3 is 0 Å². The highest BCUT2D eigenvalue weighted by Crippen LogP contribution is 2.52. The summed E-state index contributed by atoms with van der Waals surface area (Å²) in [7, 11) is 4.04. The van der Waals surface area contributed by atoms with Crippen molar-refractivity contribution in [2.45, 2.75) is 30.4 Å². The predicted octanol–water partition coefficient (Wildman–Crippen LogP) is 2.63. The molecule has 1 saturated heterocycles. The Morgan fingerprint density at radius 3 is 2.54 bits per heavy atom. The monoisotopic (exact) mass is 377 g/mol. The number of aliphatic hydroxyl groups excluding tert-OH is 1. The lowest BCUT2D eigenvalue weighted by Crippen LogP contribution is -2.50. The zero-order chi connectivity index (χ0) is 19.7. The number of likely N-dealkylation sites (N-methyl/N-ethyl adjacent to an activating group) is 1. The fourth-order valence-corrected chi connectivity index (χ4v) is 4.84. The van der Waals surface area contributed by atoms with Crippen LogP contribution in [0.1, 0.15) is 35.6 Å². The van der Waals surface area contributed by atoms with Crippen LogP contribution in [0.2, 0.25) is 0 Å². The average molecular weight is 377 g/mol. The van der Waals surface area contributed by atoms with Gasteiger partial charge in [0.2, 0.25) is 5.91 Å². The number of amides is 1. The number of pyridine rings is 1. The summed E-state index contributed by atoms with van der Waals surface area (Å²) in [6.07, 6.45) is 8.01. The van der Waals surface area contributed by atoms with E-state index in [4.69, 9.17) is 0 Å². The number of rotatable bonds is 3. The smallest absolute Gasteiger partial charge is 0.246 e. The van der Waals surface area contributed by atoms with Crippen LogP contribution in [0.3, 0.4) is 0 Å². The van der Waals surface area contributed by atoms with Crippen LogP contribution in [0.5, 0.6) is 0 Å². The molecule has 2 aliphatic rings. The summed E-state index contributed by atoms with van der Waals surface area (Å²) in [4.78, 5) is 20.6. The Bertz CT molecular complexity index is 870. The maximum Gasteiger partial charge on any atom is 0.246 e. The van der Waals surface area contributed by atoms with Crippen molar-refractivity contribution in [3.63, 3.8) is 0 Å². The fourth-order valence-electron chi connectivity index (χ4n) is 4.84. The maximum atomic E-state index is 12.6. The van der Waals surface area contributed by atoms with Crippen molar-refractivity contribution >= 4 is 12.0 Å². The van der Waals surface area contributed by atoms with Crippen molar-refractivity contribution in [1.29, 1.82) is 0 Å². The van der Waals surface area contributed by atoms with E-state index in [1.807, 2.05) is 43.3 Å². The van der Waals surface area contributed by atoms with Crippen LogP contribution in [-0.2, 0) is 10.2 Å². The molecule has 1 spiro atoms. The van der Waals surface area contributed by atoms with Crippen molar-refractivity contribution in [1.82, 2.24) is 14.8 Å². The van der Waals surface area contributed by atoms with Crippen LogP contribution >= 0.6 is 0 Å². The molecule has 146 valence electrons. The summed E-state index contributed by atoms with van der Waals surface area (Å²) in [5.74, 6) is 0.0246. The molecule has 1 aromatic heterocycles. The standard InChI is InChI=1S/C23H27N3O2/c1-25(2)21-18-5-3-4-6-19(18)23(22(21)28)11-15-26(16-12-23)20(27)8-7-17-9-13-24-14-10-17/h3-10,13-14,21-22,28H,11-12,15-16H2,1-2H3/b8-7+/t21-,22+/m0/s1. The first kappa shape index (κ1) is 18.8. The van der Waals surface area contributed by atoms with Crippen molar-refractivity contribution < 1.29 is 9.90 Å². The average Bonchev–Trinajstić information content (AvgIpc) is 2.96. The molecule has 5 nitrogen and oxygen atoms in total. The zero-order valence-corrected chi connectivity index (χ0v) is 16.5. The molecule has 0 saturated carbocycles. The minimum Gasteiger partial charge on any atom is -0.390 e. The van der Waals surface area contributed by atoms with E-state index in [2.05, 4.69) is 28.1 Å². The van der Waals surface area contributed by atoms with Gasteiger partial charge in [0.05, 0.1) is 12.1 Å². The van der Waals surface area contributed by atoms with Gasteiger partial charge in [-0.25, -0.2) is 0 Å². The Balaban J connectivity index is 1.50. The van der Waals surface area contributed by atoms with Crippen molar-refractivity contribution in [3.05, 3.63) is 71.6 Å². The van der Waals surface area contributed by atoms with Gasteiger partial charge in [-0.05, 0) is 61.8 Å². The van der Waals surface area contributed by atoms with E-state index in [9.17, 15) is 9.90 Å². The summed E-state index contributed by atoms with van der Waals surface area (Å²) in [5.41, 5.74) is 3.17. The van der Waals surface area contributed by atoms with Crippen LogP contribution in [0.15, 0.2) is 54.9 Å². The molecule has 1 amide bonds. The Kier molecular flexibility index (Phi) is 5.04. The minimum absolute atomic E-state index is 0.00466.